The Kier molecular flexibility index (Phi) is 39.4. The number of ether oxygens (including phenoxy) is 2. The average Bonchev–Trinajstić information content (AvgIpc) is 3.20. The number of nitrogens with two attached hydrogens (primary N) is 1. The molecule has 58 heavy (non-hydrogen) atoms. The first-order valence-corrected chi connectivity index (χ1v) is 24.2. The zero-order valence-electron chi connectivity index (χ0n) is 36.4. The van der Waals surface area contributed by atoms with Crippen molar-refractivity contribution in [1.82, 2.24) is 0 Å². The van der Waals surface area contributed by atoms with Gasteiger partial charge >= 0.3 is 25.7 Å². The highest BCUT2D eigenvalue weighted by Crippen LogP contribution is 2.43. The Morgan fingerprint density at radius 3 is 1.34 bits per heavy atom. The number of phosphoric ester groups is 1. The summed E-state index contributed by atoms with van der Waals surface area (Å²) >= 11 is 0. The predicted octanol–water partition coefficient (Wildman–Crippen LogP) is 12.2. The van der Waals surface area contributed by atoms with Gasteiger partial charge in [-0.1, -0.05) is 152 Å². The van der Waals surface area contributed by atoms with E-state index in [1.165, 1.54) is 83.5 Å². The largest absolute Gasteiger partial charge is 0.480 e. The molecular formula is C46H82NO10P. The van der Waals surface area contributed by atoms with Crippen molar-refractivity contribution in [2.45, 2.75) is 206 Å². The molecule has 0 rings (SSSR count). The maximum Gasteiger partial charge on any atom is 0.472 e. The van der Waals surface area contributed by atoms with Gasteiger partial charge in [0.2, 0.25) is 0 Å². The first-order valence-electron chi connectivity index (χ1n) is 22.7. The molecule has 0 saturated carbocycles. The second-order valence-corrected chi connectivity index (χ2v) is 16.6. The van der Waals surface area contributed by atoms with E-state index in [0.29, 0.717) is 12.8 Å². The predicted molar refractivity (Wildman–Crippen MR) is 235 cm³/mol. The summed E-state index contributed by atoms with van der Waals surface area (Å²) in [6.45, 7) is 2.74. The molecule has 4 N–H and O–H groups in total. The minimum Gasteiger partial charge on any atom is -0.480 e. The van der Waals surface area contributed by atoms with Crippen LogP contribution in [0.25, 0.3) is 0 Å². The van der Waals surface area contributed by atoms with Crippen molar-refractivity contribution in [3.8, 4) is 0 Å². The highest BCUT2D eigenvalue weighted by molar-refractivity contribution is 7.47. The number of carbonyl (C=O) groups is 3. The van der Waals surface area contributed by atoms with Crippen LogP contribution in [-0.2, 0) is 37.5 Å². The molecule has 11 nitrogen and oxygen atoms in total. The minimum absolute atomic E-state index is 0.149. The Bertz CT molecular complexity index is 1170. The molecule has 3 unspecified atom stereocenters. The average molecular weight is 840 g/mol. The van der Waals surface area contributed by atoms with Gasteiger partial charge in [0.05, 0.1) is 13.2 Å². The lowest BCUT2D eigenvalue weighted by molar-refractivity contribution is -0.161. The van der Waals surface area contributed by atoms with E-state index in [0.717, 1.165) is 70.6 Å². The number of esters is 2. The number of allylic oxidation sites excluding steroid dienone is 8. The van der Waals surface area contributed by atoms with Crippen LogP contribution in [0.5, 0.6) is 0 Å². The molecule has 0 radical (unpaired) electrons. The van der Waals surface area contributed by atoms with Gasteiger partial charge in [0.25, 0.3) is 0 Å². The molecule has 0 aliphatic heterocycles. The number of hydrogen-bond donors (Lipinski definition) is 3. The number of rotatable bonds is 42. The summed E-state index contributed by atoms with van der Waals surface area (Å²) in [4.78, 5) is 46.0. The number of carbonyl (C=O) groups excluding carboxylic acids is 2. The number of hydrogen-bond acceptors (Lipinski definition) is 9. The molecule has 0 aromatic rings. The van der Waals surface area contributed by atoms with E-state index >= 15 is 0 Å². The Balaban J connectivity index is 4.36. The fourth-order valence-corrected chi connectivity index (χ4v) is 6.73. The summed E-state index contributed by atoms with van der Waals surface area (Å²) in [6.07, 6.45) is 45.9. The molecule has 0 fully saturated rings. The molecule has 0 spiro atoms. The molecule has 3 atom stereocenters. The number of unbranched alkanes of at least 4 members (excludes halogenated alkanes) is 20. The highest BCUT2D eigenvalue weighted by Gasteiger charge is 2.28. The Morgan fingerprint density at radius 2 is 0.914 bits per heavy atom. The molecule has 0 heterocycles. The van der Waals surface area contributed by atoms with Crippen LogP contribution < -0.4 is 5.73 Å². The standard InChI is InChI=1S/C46H82NO10P/c1-3-5-7-9-11-13-15-17-19-21-23-25-27-29-31-33-35-37-44(48)54-39-42(40-55-58(52,53)56-41-43(47)46(50)51)57-45(49)38-36-34-32-30-28-26-24-22-20-18-16-14-12-10-8-6-4-2/h11-14,17-20,42-43H,3-10,15-16,21-41,47H2,1-2H3,(H,50,51)(H,52,53)/b13-11-,14-12-,19-17-,20-18-. The molecule has 12 heteroatoms. The minimum atomic E-state index is -4.72. The van der Waals surface area contributed by atoms with Crippen molar-refractivity contribution >= 4 is 25.7 Å². The van der Waals surface area contributed by atoms with Crippen LogP contribution in [0.4, 0.5) is 0 Å². The van der Waals surface area contributed by atoms with Gasteiger partial charge in [-0.25, -0.2) is 4.57 Å². The topological polar surface area (TPSA) is 172 Å². The van der Waals surface area contributed by atoms with E-state index in [2.05, 4.69) is 67.0 Å². The SMILES string of the molecule is CCCCC/C=C\C/C=C\CCCCCCCCCC(=O)OCC(COP(=O)(O)OCC(N)C(=O)O)OC(=O)CCCCCCCCC/C=C\C/C=C\CCCCC. The third kappa shape index (κ3) is 40.2. The summed E-state index contributed by atoms with van der Waals surface area (Å²) in [5.41, 5.74) is 5.34. The summed E-state index contributed by atoms with van der Waals surface area (Å²) in [5, 5.41) is 8.90. The van der Waals surface area contributed by atoms with Gasteiger partial charge in [-0.2, -0.15) is 0 Å². The van der Waals surface area contributed by atoms with Crippen LogP contribution >= 0.6 is 7.82 Å². The van der Waals surface area contributed by atoms with Gasteiger partial charge in [0.1, 0.15) is 12.6 Å². The fraction of sp³-hybridized carbons (Fsp3) is 0.761. The second kappa shape index (κ2) is 41.2. The Labute approximate surface area is 352 Å². The lowest BCUT2D eigenvalue weighted by Crippen LogP contribution is -2.34. The van der Waals surface area contributed by atoms with Crippen LogP contribution in [-0.4, -0.2) is 59.9 Å². The molecule has 0 aliphatic rings. The summed E-state index contributed by atoms with van der Waals surface area (Å²) in [7, 11) is -4.72. The van der Waals surface area contributed by atoms with Gasteiger partial charge in [-0.3, -0.25) is 23.4 Å². The molecule has 0 aromatic carbocycles. The normalized spacial score (nSPS) is 14.1. The lowest BCUT2D eigenvalue weighted by atomic mass is 10.1. The van der Waals surface area contributed by atoms with Crippen molar-refractivity contribution in [1.29, 1.82) is 0 Å². The molecular weight excluding hydrogens is 757 g/mol. The van der Waals surface area contributed by atoms with E-state index in [-0.39, 0.29) is 19.4 Å². The van der Waals surface area contributed by atoms with Crippen LogP contribution in [0.3, 0.4) is 0 Å². The van der Waals surface area contributed by atoms with E-state index in [4.69, 9.17) is 24.8 Å². The monoisotopic (exact) mass is 840 g/mol. The maximum absolute atomic E-state index is 12.6. The number of aliphatic carboxylic acids is 1. The zero-order valence-corrected chi connectivity index (χ0v) is 37.3. The summed E-state index contributed by atoms with van der Waals surface area (Å²) in [5.74, 6) is -2.40. The van der Waals surface area contributed by atoms with Gasteiger partial charge in [0, 0.05) is 12.8 Å². The van der Waals surface area contributed by atoms with Gasteiger partial charge in [-0.05, 0) is 77.0 Å². The number of carboxylic acid groups (broad SMARTS) is 1. The van der Waals surface area contributed by atoms with Crippen molar-refractivity contribution in [2.75, 3.05) is 19.8 Å². The first-order chi connectivity index (χ1) is 28.1. The molecule has 0 amide bonds. The lowest BCUT2D eigenvalue weighted by Gasteiger charge is -2.20. The summed E-state index contributed by atoms with van der Waals surface area (Å²) in [6, 6.07) is -1.52. The van der Waals surface area contributed by atoms with Crippen LogP contribution in [0.2, 0.25) is 0 Å². The fourth-order valence-electron chi connectivity index (χ4n) is 5.95. The van der Waals surface area contributed by atoms with Crippen LogP contribution in [0.1, 0.15) is 194 Å². The molecule has 0 aromatic heterocycles. The van der Waals surface area contributed by atoms with Gasteiger partial charge < -0.3 is 25.2 Å². The van der Waals surface area contributed by atoms with Crippen molar-refractivity contribution in [3.05, 3.63) is 48.6 Å². The Hall–Kier alpha value is -2.56. The smallest absolute Gasteiger partial charge is 0.472 e. The van der Waals surface area contributed by atoms with E-state index in [1.807, 2.05) is 0 Å². The number of phosphoric acid groups is 1. The molecule has 0 bridgehead atoms. The zero-order chi connectivity index (χ0) is 42.8. The summed E-state index contributed by atoms with van der Waals surface area (Å²) < 4.78 is 32.7. The van der Waals surface area contributed by atoms with E-state index < -0.39 is 51.1 Å². The van der Waals surface area contributed by atoms with Gasteiger partial charge in [0.15, 0.2) is 6.10 Å². The highest BCUT2D eigenvalue weighted by atomic mass is 31.2. The van der Waals surface area contributed by atoms with Crippen molar-refractivity contribution < 1.29 is 47.5 Å². The van der Waals surface area contributed by atoms with Gasteiger partial charge in [-0.15, -0.1) is 0 Å². The molecule has 0 saturated heterocycles. The van der Waals surface area contributed by atoms with Crippen LogP contribution in [0, 0.1) is 0 Å². The Morgan fingerprint density at radius 1 is 0.534 bits per heavy atom. The third-order valence-corrected chi connectivity index (χ3v) is 10.5. The molecule has 0 aliphatic carbocycles. The van der Waals surface area contributed by atoms with E-state index in [9.17, 15) is 23.8 Å². The second-order valence-electron chi connectivity index (χ2n) is 15.2. The quantitative estimate of drug-likeness (QED) is 0.0231. The van der Waals surface area contributed by atoms with Crippen LogP contribution in [0.15, 0.2) is 48.6 Å². The maximum atomic E-state index is 12.6. The first kappa shape index (κ1) is 55.4. The van der Waals surface area contributed by atoms with E-state index in [1.54, 1.807) is 0 Å². The molecule has 336 valence electrons. The van der Waals surface area contributed by atoms with Crippen molar-refractivity contribution in [2.24, 2.45) is 5.73 Å². The number of carboxylic acids is 1. The third-order valence-electron chi connectivity index (χ3n) is 9.55. The van der Waals surface area contributed by atoms with Crippen molar-refractivity contribution in [3.63, 3.8) is 0 Å².